The summed E-state index contributed by atoms with van der Waals surface area (Å²) in [6.07, 6.45) is -1.18. The van der Waals surface area contributed by atoms with E-state index in [0.717, 1.165) is 0 Å². The molecule has 0 unspecified atom stereocenters. The molecule has 0 fully saturated rings. The number of hydrogen-bond donors (Lipinski definition) is 0. The fraction of sp³-hybridized carbons (Fsp3) is 0.600. The molecule has 88 valence electrons. The van der Waals surface area contributed by atoms with Gasteiger partial charge in [-0.2, -0.15) is 0 Å². The Morgan fingerprint density at radius 2 is 1.53 bits per heavy atom. The van der Waals surface area contributed by atoms with Crippen molar-refractivity contribution < 1.29 is 22.6 Å². The molecular formula is C10H15F3O2. The summed E-state index contributed by atoms with van der Waals surface area (Å²) >= 11 is 0. The molecule has 1 rings (SSSR count). The Labute approximate surface area is 87.4 Å². The molecule has 0 radical (unpaired) electrons. The summed E-state index contributed by atoms with van der Waals surface area (Å²) < 4.78 is 43.7. The molecule has 0 aromatic heterocycles. The molecule has 0 aromatic carbocycles. The molecule has 0 aliphatic heterocycles. The molecular weight excluding hydrogens is 209 g/mol. The summed E-state index contributed by atoms with van der Waals surface area (Å²) in [4.78, 5) is 0. The molecule has 0 N–H and O–H groups in total. The fourth-order valence-corrected chi connectivity index (χ4v) is 1.00. The van der Waals surface area contributed by atoms with Gasteiger partial charge in [-0.3, -0.25) is 0 Å². The third-order valence-corrected chi connectivity index (χ3v) is 1.58. The summed E-state index contributed by atoms with van der Waals surface area (Å²) in [5.41, 5.74) is 0. The van der Waals surface area contributed by atoms with Crippen LogP contribution in [0.2, 0.25) is 0 Å². The van der Waals surface area contributed by atoms with E-state index in [0.29, 0.717) is 12.2 Å². The molecule has 0 heterocycles. The highest BCUT2D eigenvalue weighted by atomic mass is 19.4. The average molecular weight is 224 g/mol. The van der Waals surface area contributed by atoms with Crippen molar-refractivity contribution in [2.45, 2.75) is 33.1 Å². The second-order valence-corrected chi connectivity index (χ2v) is 2.52. The Morgan fingerprint density at radius 1 is 1.07 bits per heavy atom. The first-order valence-corrected chi connectivity index (χ1v) is 4.71. The highest BCUT2D eigenvalue weighted by molar-refractivity contribution is 5.17. The zero-order valence-electron chi connectivity index (χ0n) is 9.02. The molecule has 1 aliphatic carbocycles. The summed E-state index contributed by atoms with van der Waals surface area (Å²) in [5.74, 6) is 0.586. The number of hydrogen-bond acceptors (Lipinski definition) is 2. The van der Waals surface area contributed by atoms with Crippen LogP contribution < -0.4 is 0 Å². The molecule has 0 saturated carbocycles. The number of methoxy groups -OCH3 is 1. The molecule has 5 heteroatoms. The van der Waals surface area contributed by atoms with Gasteiger partial charge in [0, 0.05) is 12.8 Å². The van der Waals surface area contributed by atoms with Gasteiger partial charge < -0.3 is 9.47 Å². The Bertz CT molecular complexity index is 242. The zero-order chi connectivity index (χ0) is 11.9. The van der Waals surface area contributed by atoms with Crippen LogP contribution in [0.15, 0.2) is 23.7 Å². The Morgan fingerprint density at radius 3 is 1.87 bits per heavy atom. The first-order valence-electron chi connectivity index (χ1n) is 4.71. The van der Waals surface area contributed by atoms with Gasteiger partial charge in [-0.15, -0.1) is 13.2 Å². The third kappa shape index (κ3) is 6.04. The summed E-state index contributed by atoms with van der Waals surface area (Å²) in [6.45, 7) is 4.00. The van der Waals surface area contributed by atoms with E-state index in [1.54, 1.807) is 0 Å². The predicted molar refractivity (Wildman–Crippen MR) is 50.9 cm³/mol. The minimum Gasteiger partial charge on any atom is -0.501 e. The maximum atomic E-state index is 11.7. The molecule has 2 nitrogen and oxygen atoms in total. The number of alkyl halides is 3. The van der Waals surface area contributed by atoms with E-state index in [-0.39, 0.29) is 12.2 Å². The van der Waals surface area contributed by atoms with Crippen LogP contribution in [0.25, 0.3) is 0 Å². The van der Waals surface area contributed by atoms with Crippen molar-refractivity contribution in [1.82, 2.24) is 0 Å². The largest absolute Gasteiger partial charge is 0.572 e. The van der Waals surface area contributed by atoms with Crippen LogP contribution in [0, 0.1) is 0 Å². The molecule has 0 aromatic rings. The lowest BCUT2D eigenvalue weighted by Crippen LogP contribution is -2.14. The fourth-order valence-electron chi connectivity index (χ4n) is 1.00. The minimum atomic E-state index is -4.59. The van der Waals surface area contributed by atoms with E-state index in [9.17, 15) is 13.2 Å². The van der Waals surface area contributed by atoms with Gasteiger partial charge >= 0.3 is 6.36 Å². The second kappa shape index (κ2) is 6.37. The van der Waals surface area contributed by atoms with Crippen molar-refractivity contribution in [2.24, 2.45) is 0 Å². The first kappa shape index (κ1) is 13.9. The van der Waals surface area contributed by atoms with Crippen LogP contribution in [-0.4, -0.2) is 13.5 Å². The normalized spacial score (nSPS) is 15.6. The van der Waals surface area contributed by atoms with E-state index >= 15 is 0 Å². The van der Waals surface area contributed by atoms with Crippen LogP contribution in [0.3, 0.4) is 0 Å². The lowest BCUT2D eigenvalue weighted by Gasteiger charge is -2.15. The average Bonchev–Trinajstić information content (AvgIpc) is 2.20. The smallest absolute Gasteiger partial charge is 0.501 e. The highest BCUT2D eigenvalue weighted by Gasteiger charge is 2.32. The van der Waals surface area contributed by atoms with E-state index in [1.807, 2.05) is 13.8 Å². The monoisotopic (exact) mass is 224 g/mol. The quantitative estimate of drug-likeness (QED) is 0.711. The predicted octanol–water partition coefficient (Wildman–Crippen LogP) is 3.76. The van der Waals surface area contributed by atoms with Gasteiger partial charge in [0.25, 0.3) is 0 Å². The van der Waals surface area contributed by atoms with Gasteiger partial charge in [-0.25, -0.2) is 0 Å². The zero-order valence-corrected chi connectivity index (χ0v) is 9.02. The van der Waals surface area contributed by atoms with Gasteiger partial charge in [0.1, 0.15) is 5.76 Å². The molecule has 15 heavy (non-hydrogen) atoms. The maximum absolute atomic E-state index is 11.7. The van der Waals surface area contributed by atoms with Crippen LogP contribution >= 0.6 is 0 Å². The molecule has 1 aliphatic rings. The number of allylic oxidation sites excluding steroid dienone is 4. The van der Waals surface area contributed by atoms with E-state index < -0.39 is 6.36 Å². The Kier molecular flexibility index (Phi) is 5.89. The van der Waals surface area contributed by atoms with Crippen molar-refractivity contribution in [3.05, 3.63) is 23.7 Å². The summed E-state index contributed by atoms with van der Waals surface area (Å²) in [7, 11) is 1.48. The van der Waals surface area contributed by atoms with Gasteiger partial charge in [-0.1, -0.05) is 13.8 Å². The van der Waals surface area contributed by atoms with Crippen LogP contribution in [0.5, 0.6) is 0 Å². The molecule has 0 saturated heterocycles. The first-order chi connectivity index (χ1) is 7.01. The Balaban J connectivity index is 0.000000921. The van der Waals surface area contributed by atoms with Gasteiger partial charge in [-0.05, 0) is 12.2 Å². The number of ether oxygens (including phenoxy) is 2. The van der Waals surface area contributed by atoms with Crippen molar-refractivity contribution in [2.75, 3.05) is 7.11 Å². The van der Waals surface area contributed by atoms with E-state index in [2.05, 4.69) is 4.74 Å². The van der Waals surface area contributed by atoms with Crippen LogP contribution in [-0.2, 0) is 9.47 Å². The second-order valence-electron chi connectivity index (χ2n) is 2.52. The number of halogens is 3. The summed E-state index contributed by atoms with van der Waals surface area (Å²) in [5, 5.41) is 0. The molecule has 0 atom stereocenters. The lowest BCUT2D eigenvalue weighted by atomic mass is 10.1. The molecule has 0 spiro atoms. The van der Waals surface area contributed by atoms with E-state index in [1.165, 1.54) is 19.3 Å². The third-order valence-electron chi connectivity index (χ3n) is 1.58. The van der Waals surface area contributed by atoms with Crippen molar-refractivity contribution in [3.8, 4) is 0 Å². The van der Waals surface area contributed by atoms with Crippen molar-refractivity contribution in [1.29, 1.82) is 0 Å². The summed E-state index contributed by atoms with van der Waals surface area (Å²) in [6, 6.07) is 0. The SMILES string of the molecule is CC.COC1=CC=C(OC(F)(F)F)CC1. The Hall–Kier alpha value is -1.13. The van der Waals surface area contributed by atoms with Gasteiger partial charge in [0.05, 0.1) is 12.9 Å². The van der Waals surface area contributed by atoms with Crippen molar-refractivity contribution in [3.63, 3.8) is 0 Å². The maximum Gasteiger partial charge on any atom is 0.572 e. The minimum absolute atomic E-state index is 0.0756. The van der Waals surface area contributed by atoms with Gasteiger partial charge in [0.15, 0.2) is 0 Å². The standard InChI is InChI=1S/C8H9F3O2.C2H6/c1-12-6-2-4-7(5-3-6)13-8(9,10)11;1-2/h2,4H,3,5H2,1H3;1-2H3. The molecule has 0 amide bonds. The van der Waals surface area contributed by atoms with Crippen LogP contribution in [0.4, 0.5) is 13.2 Å². The molecule has 0 bridgehead atoms. The topological polar surface area (TPSA) is 18.5 Å². The highest BCUT2D eigenvalue weighted by Crippen LogP contribution is 2.26. The number of rotatable bonds is 2. The van der Waals surface area contributed by atoms with Crippen molar-refractivity contribution >= 4 is 0 Å². The van der Waals surface area contributed by atoms with Crippen LogP contribution in [0.1, 0.15) is 26.7 Å². The lowest BCUT2D eigenvalue weighted by molar-refractivity contribution is -0.306. The van der Waals surface area contributed by atoms with Gasteiger partial charge in [0.2, 0.25) is 0 Å². The van der Waals surface area contributed by atoms with E-state index in [4.69, 9.17) is 4.74 Å².